The monoisotopic (exact) mass is 334 g/mol. The molecule has 0 amide bonds. The lowest BCUT2D eigenvalue weighted by Crippen LogP contribution is -1.96. The van der Waals surface area contributed by atoms with Crippen LogP contribution in [0.5, 0.6) is 0 Å². The zero-order valence-corrected chi connectivity index (χ0v) is 13.9. The summed E-state index contributed by atoms with van der Waals surface area (Å²) in [6, 6.07) is 7.91. The Balaban J connectivity index is 2.18. The molecule has 106 valence electrons. The van der Waals surface area contributed by atoms with Gasteiger partial charge in [0.05, 0.1) is 5.56 Å². The highest BCUT2D eigenvalue weighted by Gasteiger charge is 2.17. The van der Waals surface area contributed by atoms with E-state index in [0.717, 1.165) is 22.3 Å². The molecule has 2 aromatic heterocycles. The standard InChI is InChI=1S/C16H12Cl2N2S/c1-9-5-3-4-6-11(9)13-14(17)19-16(20-15(13)18)12-8-21-7-10(12)2/h3-8H,1-2H3. The van der Waals surface area contributed by atoms with Gasteiger partial charge in [0.25, 0.3) is 0 Å². The van der Waals surface area contributed by atoms with Crippen LogP contribution in [0.2, 0.25) is 10.3 Å². The van der Waals surface area contributed by atoms with Crippen molar-refractivity contribution in [1.29, 1.82) is 0 Å². The third kappa shape index (κ3) is 2.69. The second-order valence-corrected chi connectivity index (χ2v) is 6.25. The van der Waals surface area contributed by atoms with Crippen LogP contribution in [0.3, 0.4) is 0 Å². The molecule has 2 nitrogen and oxygen atoms in total. The number of aryl methyl sites for hydroxylation is 2. The Labute approximate surface area is 137 Å². The molecule has 21 heavy (non-hydrogen) atoms. The Hall–Kier alpha value is -1.42. The topological polar surface area (TPSA) is 25.8 Å². The van der Waals surface area contributed by atoms with Crippen LogP contribution in [0.1, 0.15) is 11.1 Å². The number of aromatic nitrogens is 2. The number of thiophene rings is 1. The van der Waals surface area contributed by atoms with E-state index >= 15 is 0 Å². The molecule has 0 atom stereocenters. The zero-order chi connectivity index (χ0) is 15.0. The minimum atomic E-state index is 0.380. The highest BCUT2D eigenvalue weighted by Crippen LogP contribution is 2.36. The highest BCUT2D eigenvalue weighted by atomic mass is 35.5. The van der Waals surface area contributed by atoms with E-state index in [4.69, 9.17) is 23.2 Å². The number of benzene rings is 1. The van der Waals surface area contributed by atoms with Crippen molar-refractivity contribution in [2.45, 2.75) is 13.8 Å². The second kappa shape index (κ2) is 5.76. The van der Waals surface area contributed by atoms with Gasteiger partial charge in [-0.2, -0.15) is 11.3 Å². The van der Waals surface area contributed by atoms with Gasteiger partial charge in [0.1, 0.15) is 10.3 Å². The van der Waals surface area contributed by atoms with E-state index in [9.17, 15) is 0 Å². The summed E-state index contributed by atoms with van der Waals surface area (Å²) in [6.07, 6.45) is 0. The third-order valence-electron chi connectivity index (χ3n) is 3.33. The lowest BCUT2D eigenvalue weighted by atomic mass is 10.0. The molecule has 0 fully saturated rings. The van der Waals surface area contributed by atoms with Crippen molar-refractivity contribution in [2.24, 2.45) is 0 Å². The van der Waals surface area contributed by atoms with Gasteiger partial charge in [-0.1, -0.05) is 47.5 Å². The summed E-state index contributed by atoms with van der Waals surface area (Å²) in [6.45, 7) is 4.03. The van der Waals surface area contributed by atoms with Crippen molar-refractivity contribution < 1.29 is 0 Å². The fourth-order valence-corrected chi connectivity index (χ4v) is 3.61. The summed E-state index contributed by atoms with van der Waals surface area (Å²) in [5.74, 6) is 0.570. The van der Waals surface area contributed by atoms with Gasteiger partial charge in [-0.25, -0.2) is 9.97 Å². The van der Waals surface area contributed by atoms with E-state index in [1.165, 1.54) is 0 Å². The molecule has 0 unspecified atom stereocenters. The highest BCUT2D eigenvalue weighted by molar-refractivity contribution is 7.08. The summed E-state index contributed by atoms with van der Waals surface area (Å²) < 4.78 is 0. The smallest absolute Gasteiger partial charge is 0.163 e. The summed E-state index contributed by atoms with van der Waals surface area (Å²) in [5, 5.41) is 4.82. The number of halogens is 2. The van der Waals surface area contributed by atoms with Crippen molar-refractivity contribution in [3.8, 4) is 22.5 Å². The van der Waals surface area contributed by atoms with Crippen molar-refractivity contribution in [3.05, 3.63) is 56.5 Å². The molecule has 5 heteroatoms. The van der Waals surface area contributed by atoms with Crippen molar-refractivity contribution in [2.75, 3.05) is 0 Å². The van der Waals surface area contributed by atoms with Gasteiger partial charge in [0, 0.05) is 10.9 Å². The summed E-state index contributed by atoms with van der Waals surface area (Å²) in [5.41, 5.74) is 4.83. The number of hydrogen-bond acceptors (Lipinski definition) is 3. The van der Waals surface area contributed by atoms with E-state index in [0.29, 0.717) is 21.7 Å². The Morgan fingerprint density at radius 3 is 2.10 bits per heavy atom. The van der Waals surface area contributed by atoms with Crippen molar-refractivity contribution in [3.63, 3.8) is 0 Å². The Kier molecular flexibility index (Phi) is 3.98. The lowest BCUT2D eigenvalue weighted by Gasteiger charge is -2.10. The molecule has 0 saturated carbocycles. The quantitative estimate of drug-likeness (QED) is 0.554. The molecule has 0 saturated heterocycles. The minimum Gasteiger partial charge on any atom is -0.216 e. The van der Waals surface area contributed by atoms with Crippen molar-refractivity contribution >= 4 is 34.5 Å². The Morgan fingerprint density at radius 2 is 1.52 bits per heavy atom. The molecular weight excluding hydrogens is 323 g/mol. The molecule has 2 heterocycles. The average molecular weight is 335 g/mol. The molecule has 0 aliphatic carbocycles. The summed E-state index contributed by atoms with van der Waals surface area (Å²) >= 11 is 14.4. The SMILES string of the molecule is Cc1cscc1-c1nc(Cl)c(-c2ccccc2C)c(Cl)n1. The Bertz CT molecular complexity index is 789. The fourth-order valence-electron chi connectivity index (χ4n) is 2.19. The lowest BCUT2D eigenvalue weighted by molar-refractivity contribution is 1.17. The van der Waals surface area contributed by atoms with Gasteiger partial charge in [-0.05, 0) is 35.9 Å². The van der Waals surface area contributed by atoms with Gasteiger partial charge in [0.2, 0.25) is 0 Å². The first-order chi connectivity index (χ1) is 10.1. The van der Waals surface area contributed by atoms with Crippen LogP contribution in [0, 0.1) is 13.8 Å². The largest absolute Gasteiger partial charge is 0.216 e. The maximum atomic E-state index is 6.38. The minimum absolute atomic E-state index is 0.380. The molecular formula is C16H12Cl2N2S. The van der Waals surface area contributed by atoms with Crippen LogP contribution >= 0.6 is 34.5 Å². The first-order valence-corrected chi connectivity index (χ1v) is 8.10. The summed E-state index contributed by atoms with van der Waals surface area (Å²) in [4.78, 5) is 8.86. The fraction of sp³-hybridized carbons (Fsp3) is 0.125. The number of hydrogen-bond donors (Lipinski definition) is 0. The van der Waals surface area contributed by atoms with Crippen LogP contribution < -0.4 is 0 Å². The maximum Gasteiger partial charge on any atom is 0.163 e. The normalized spacial score (nSPS) is 10.9. The molecule has 0 radical (unpaired) electrons. The van der Waals surface area contributed by atoms with Crippen LogP contribution in [0.4, 0.5) is 0 Å². The van der Waals surface area contributed by atoms with E-state index < -0.39 is 0 Å². The first kappa shape index (κ1) is 14.5. The van der Waals surface area contributed by atoms with Gasteiger partial charge in [0.15, 0.2) is 5.82 Å². The van der Waals surface area contributed by atoms with Crippen molar-refractivity contribution in [1.82, 2.24) is 9.97 Å². The van der Waals surface area contributed by atoms with E-state index in [2.05, 4.69) is 15.3 Å². The van der Waals surface area contributed by atoms with Gasteiger partial charge >= 0.3 is 0 Å². The van der Waals surface area contributed by atoms with Gasteiger partial charge in [-0.3, -0.25) is 0 Å². The molecule has 1 aromatic carbocycles. The maximum absolute atomic E-state index is 6.38. The molecule has 0 aliphatic rings. The number of nitrogens with zero attached hydrogens (tertiary/aromatic N) is 2. The molecule has 0 N–H and O–H groups in total. The number of rotatable bonds is 2. The molecule has 3 aromatic rings. The predicted molar refractivity (Wildman–Crippen MR) is 90.3 cm³/mol. The predicted octanol–water partition coefficient (Wildman–Crippen LogP) is 5.80. The second-order valence-electron chi connectivity index (χ2n) is 4.79. The molecule has 3 rings (SSSR count). The average Bonchev–Trinajstić information content (AvgIpc) is 2.86. The van der Waals surface area contributed by atoms with E-state index in [-0.39, 0.29) is 0 Å². The van der Waals surface area contributed by atoms with Gasteiger partial charge < -0.3 is 0 Å². The molecule has 0 bridgehead atoms. The molecule has 0 spiro atoms. The summed E-state index contributed by atoms with van der Waals surface area (Å²) in [7, 11) is 0. The van der Waals surface area contributed by atoms with Crippen LogP contribution in [0.15, 0.2) is 35.0 Å². The van der Waals surface area contributed by atoms with Crippen LogP contribution in [-0.4, -0.2) is 9.97 Å². The van der Waals surface area contributed by atoms with E-state index in [1.807, 2.05) is 43.5 Å². The Morgan fingerprint density at radius 1 is 0.857 bits per heavy atom. The van der Waals surface area contributed by atoms with Crippen LogP contribution in [-0.2, 0) is 0 Å². The van der Waals surface area contributed by atoms with E-state index in [1.54, 1.807) is 11.3 Å². The third-order valence-corrected chi connectivity index (χ3v) is 4.74. The van der Waals surface area contributed by atoms with Crippen LogP contribution in [0.25, 0.3) is 22.5 Å². The molecule has 0 aliphatic heterocycles. The zero-order valence-electron chi connectivity index (χ0n) is 11.5. The first-order valence-electron chi connectivity index (χ1n) is 6.40. The van der Waals surface area contributed by atoms with Gasteiger partial charge in [-0.15, -0.1) is 0 Å².